The summed E-state index contributed by atoms with van der Waals surface area (Å²) in [5, 5.41) is 7.65. The number of nitrogens with one attached hydrogen (secondary N) is 1. The third kappa shape index (κ3) is 3.51. The summed E-state index contributed by atoms with van der Waals surface area (Å²) >= 11 is 0. The van der Waals surface area contributed by atoms with Gasteiger partial charge in [0.15, 0.2) is 0 Å². The molecule has 0 radical (unpaired) electrons. The van der Waals surface area contributed by atoms with Crippen LogP contribution in [0.25, 0.3) is 0 Å². The maximum Gasteiger partial charge on any atom is 0.129 e. The van der Waals surface area contributed by atoms with E-state index in [1.807, 2.05) is 12.1 Å². The Hall–Kier alpha value is -1.55. The van der Waals surface area contributed by atoms with E-state index in [1.54, 1.807) is 7.11 Å². The summed E-state index contributed by atoms with van der Waals surface area (Å²) < 4.78 is 5.26. The van der Waals surface area contributed by atoms with Crippen molar-refractivity contribution in [3.8, 4) is 5.75 Å². The molecule has 0 aromatic heterocycles. The molecule has 3 N–H and O–H groups in total. The molecular formula is C16H25N3O. The molecule has 0 bridgehead atoms. The Morgan fingerprint density at radius 3 is 2.90 bits per heavy atom. The highest BCUT2D eigenvalue weighted by atomic mass is 16.5. The van der Waals surface area contributed by atoms with E-state index in [-0.39, 0.29) is 5.84 Å². The fourth-order valence-corrected chi connectivity index (χ4v) is 2.87. The normalized spacial score (nSPS) is 20.4. The number of methoxy groups -OCH3 is 1. The van der Waals surface area contributed by atoms with Gasteiger partial charge in [0.25, 0.3) is 0 Å². The van der Waals surface area contributed by atoms with Gasteiger partial charge in [-0.25, -0.2) is 0 Å². The lowest BCUT2D eigenvalue weighted by atomic mass is 10.1. The smallest absolute Gasteiger partial charge is 0.129 e. The second kappa shape index (κ2) is 6.75. The van der Waals surface area contributed by atoms with E-state index in [1.165, 1.54) is 31.2 Å². The lowest BCUT2D eigenvalue weighted by Gasteiger charge is -2.27. The van der Waals surface area contributed by atoms with E-state index in [9.17, 15) is 0 Å². The largest absolute Gasteiger partial charge is 0.496 e. The van der Waals surface area contributed by atoms with E-state index in [0.717, 1.165) is 13.1 Å². The summed E-state index contributed by atoms with van der Waals surface area (Å²) in [5.41, 5.74) is 7.52. The van der Waals surface area contributed by atoms with E-state index in [4.69, 9.17) is 15.9 Å². The van der Waals surface area contributed by atoms with Crippen molar-refractivity contribution < 1.29 is 4.74 Å². The molecule has 1 aromatic carbocycles. The molecular weight excluding hydrogens is 250 g/mol. The summed E-state index contributed by atoms with van der Waals surface area (Å²) in [4.78, 5) is 2.53. The molecule has 0 amide bonds. The van der Waals surface area contributed by atoms with Crippen LogP contribution in [0.5, 0.6) is 5.75 Å². The van der Waals surface area contributed by atoms with Crippen LogP contribution in [0.15, 0.2) is 18.2 Å². The van der Waals surface area contributed by atoms with E-state index < -0.39 is 0 Å². The van der Waals surface area contributed by atoms with E-state index >= 15 is 0 Å². The number of nitrogen functional groups attached to an aromatic ring is 1. The molecule has 0 saturated carbocycles. The third-order valence-corrected chi connectivity index (χ3v) is 4.13. The van der Waals surface area contributed by atoms with Crippen LogP contribution in [0.3, 0.4) is 0 Å². The van der Waals surface area contributed by atoms with E-state index in [2.05, 4.69) is 17.9 Å². The monoisotopic (exact) mass is 275 g/mol. The minimum atomic E-state index is 0.0626. The molecule has 1 aliphatic rings. The van der Waals surface area contributed by atoms with Crippen molar-refractivity contribution >= 4 is 5.84 Å². The number of hydrogen-bond donors (Lipinski definition) is 2. The van der Waals surface area contributed by atoms with Gasteiger partial charge in [-0.05, 0) is 44.0 Å². The third-order valence-electron chi connectivity index (χ3n) is 4.13. The first kappa shape index (κ1) is 14.9. The molecule has 1 aromatic rings. The molecule has 2 rings (SSSR count). The number of nitrogens with zero attached hydrogens (tertiary/aromatic N) is 1. The van der Waals surface area contributed by atoms with Crippen molar-refractivity contribution in [2.45, 2.75) is 45.2 Å². The summed E-state index contributed by atoms with van der Waals surface area (Å²) in [6.45, 7) is 4.38. The van der Waals surface area contributed by atoms with Crippen LogP contribution in [0.2, 0.25) is 0 Å². The molecule has 110 valence electrons. The van der Waals surface area contributed by atoms with Gasteiger partial charge in [0.1, 0.15) is 11.6 Å². The molecule has 1 saturated heterocycles. The summed E-state index contributed by atoms with van der Waals surface area (Å²) in [6.07, 6.45) is 5.22. The maximum atomic E-state index is 7.65. The average molecular weight is 275 g/mol. The minimum Gasteiger partial charge on any atom is -0.496 e. The van der Waals surface area contributed by atoms with Gasteiger partial charge in [-0.3, -0.25) is 10.3 Å². The highest BCUT2D eigenvalue weighted by molar-refractivity contribution is 5.97. The van der Waals surface area contributed by atoms with Gasteiger partial charge in [-0.15, -0.1) is 0 Å². The Balaban J connectivity index is 2.16. The molecule has 1 atom stereocenters. The second-order valence-corrected chi connectivity index (χ2v) is 5.62. The standard InChI is InChI=1S/C16H25N3O/c1-12-6-4-3-5-9-19(12)11-13-7-8-15(20-2)14(10-13)16(17)18/h7-8,10,12H,3-6,9,11H2,1-2H3,(H3,17,18). The number of ether oxygens (including phenoxy) is 1. The van der Waals surface area contributed by atoms with Crippen LogP contribution in [0.1, 0.15) is 43.7 Å². The minimum absolute atomic E-state index is 0.0626. The SMILES string of the molecule is COc1ccc(CN2CCCCCC2C)cc1C(=N)N. The average Bonchev–Trinajstić information content (AvgIpc) is 2.64. The maximum absolute atomic E-state index is 7.65. The first-order chi connectivity index (χ1) is 9.61. The van der Waals surface area contributed by atoms with Gasteiger partial charge >= 0.3 is 0 Å². The van der Waals surface area contributed by atoms with Crippen molar-refractivity contribution in [3.63, 3.8) is 0 Å². The van der Waals surface area contributed by atoms with Crippen molar-refractivity contribution in [2.24, 2.45) is 5.73 Å². The number of nitrogens with two attached hydrogens (primary N) is 1. The van der Waals surface area contributed by atoms with Crippen molar-refractivity contribution in [1.29, 1.82) is 5.41 Å². The van der Waals surface area contributed by atoms with Gasteiger partial charge in [0.2, 0.25) is 0 Å². The Labute approximate surface area is 121 Å². The van der Waals surface area contributed by atoms with Crippen LogP contribution in [0.4, 0.5) is 0 Å². The Bertz CT molecular complexity index is 473. The van der Waals surface area contributed by atoms with Gasteiger partial charge in [-0.2, -0.15) is 0 Å². The summed E-state index contributed by atoms with van der Waals surface area (Å²) in [6, 6.07) is 6.59. The zero-order valence-electron chi connectivity index (χ0n) is 12.5. The molecule has 0 aliphatic carbocycles. The van der Waals surface area contributed by atoms with Crippen LogP contribution < -0.4 is 10.5 Å². The van der Waals surface area contributed by atoms with Gasteiger partial charge < -0.3 is 10.5 Å². The number of likely N-dealkylation sites (tertiary alicyclic amines) is 1. The quantitative estimate of drug-likeness (QED) is 0.656. The summed E-state index contributed by atoms with van der Waals surface area (Å²) in [5.74, 6) is 0.734. The van der Waals surface area contributed by atoms with Crippen molar-refractivity contribution in [3.05, 3.63) is 29.3 Å². The number of hydrogen-bond acceptors (Lipinski definition) is 3. The molecule has 0 spiro atoms. The zero-order valence-corrected chi connectivity index (χ0v) is 12.5. The van der Waals surface area contributed by atoms with Crippen molar-refractivity contribution in [2.75, 3.05) is 13.7 Å². The fourth-order valence-electron chi connectivity index (χ4n) is 2.87. The van der Waals surface area contributed by atoms with Crippen LogP contribution in [0, 0.1) is 5.41 Å². The van der Waals surface area contributed by atoms with E-state index in [0.29, 0.717) is 17.4 Å². The number of benzene rings is 1. The Kier molecular flexibility index (Phi) is 5.01. The molecule has 4 heteroatoms. The van der Waals surface area contributed by atoms with Gasteiger partial charge in [-0.1, -0.05) is 18.9 Å². The lowest BCUT2D eigenvalue weighted by Crippen LogP contribution is -2.32. The topological polar surface area (TPSA) is 62.3 Å². The first-order valence-electron chi connectivity index (χ1n) is 7.37. The van der Waals surface area contributed by atoms with Gasteiger partial charge in [0.05, 0.1) is 12.7 Å². The van der Waals surface area contributed by atoms with Crippen molar-refractivity contribution in [1.82, 2.24) is 4.90 Å². The predicted molar refractivity (Wildman–Crippen MR) is 82.4 cm³/mol. The zero-order chi connectivity index (χ0) is 14.5. The Morgan fingerprint density at radius 1 is 1.40 bits per heavy atom. The predicted octanol–water partition coefficient (Wildman–Crippen LogP) is 2.74. The lowest BCUT2D eigenvalue weighted by molar-refractivity contribution is 0.205. The molecule has 1 fully saturated rings. The highest BCUT2D eigenvalue weighted by Crippen LogP contribution is 2.23. The molecule has 1 aliphatic heterocycles. The highest BCUT2D eigenvalue weighted by Gasteiger charge is 2.17. The molecule has 20 heavy (non-hydrogen) atoms. The van der Waals surface area contributed by atoms with Crippen LogP contribution >= 0.6 is 0 Å². The summed E-state index contributed by atoms with van der Waals surface area (Å²) in [7, 11) is 1.61. The molecule has 1 heterocycles. The molecule has 4 nitrogen and oxygen atoms in total. The number of amidine groups is 1. The number of rotatable bonds is 4. The Morgan fingerprint density at radius 2 is 2.20 bits per heavy atom. The first-order valence-corrected chi connectivity index (χ1v) is 7.37. The van der Waals surface area contributed by atoms with Crippen LogP contribution in [-0.2, 0) is 6.54 Å². The van der Waals surface area contributed by atoms with Crippen LogP contribution in [-0.4, -0.2) is 30.4 Å². The molecule has 1 unspecified atom stereocenters. The van der Waals surface area contributed by atoms with Gasteiger partial charge in [0, 0.05) is 12.6 Å². The fraction of sp³-hybridized carbons (Fsp3) is 0.562. The second-order valence-electron chi connectivity index (χ2n) is 5.62.